The lowest BCUT2D eigenvalue weighted by Crippen LogP contribution is -2.30. The number of nitrogens with one attached hydrogen (secondary N) is 2. The number of H-pyrrole nitrogens is 1. The van der Waals surface area contributed by atoms with Crippen LogP contribution >= 0.6 is 22.9 Å². The first-order valence-electron chi connectivity index (χ1n) is 9.24. The maximum Gasteiger partial charge on any atom is 0.271 e. The Labute approximate surface area is 185 Å². The summed E-state index contributed by atoms with van der Waals surface area (Å²) in [5, 5.41) is 18.2. The Hall–Kier alpha value is -3.57. The van der Waals surface area contributed by atoms with Crippen LogP contribution in [0.5, 0.6) is 0 Å². The van der Waals surface area contributed by atoms with E-state index < -0.39 is 5.03 Å². The third kappa shape index (κ3) is 5.32. The molecule has 0 aliphatic carbocycles. The molecular formula is C19H17ClN8O2S. The molecule has 0 atom stereocenters. The number of hydrogen-bond acceptors (Lipinski definition) is 6. The minimum atomic E-state index is -0.708. The van der Waals surface area contributed by atoms with Gasteiger partial charge in [-0.15, -0.1) is 11.3 Å². The number of hydrazone groups is 1. The van der Waals surface area contributed by atoms with Crippen molar-refractivity contribution in [3.63, 3.8) is 0 Å². The van der Waals surface area contributed by atoms with Gasteiger partial charge >= 0.3 is 0 Å². The van der Waals surface area contributed by atoms with Crippen molar-refractivity contribution in [2.24, 2.45) is 5.10 Å². The van der Waals surface area contributed by atoms with Crippen molar-refractivity contribution >= 4 is 39.9 Å². The normalized spacial score (nSPS) is 14.4. The SMILES string of the molecule is O=[N+]([O-])/N=C1\NCCN1Cc1ccc(Cl)nc1.c1ccc2[nH]c(-c3cscn3)nc2c1. The molecule has 0 radical (unpaired) electrons. The van der Waals surface area contributed by atoms with E-state index in [1.54, 1.807) is 28.5 Å². The first-order chi connectivity index (χ1) is 15.1. The molecule has 2 N–H and O–H groups in total. The van der Waals surface area contributed by atoms with Crippen LogP contribution < -0.4 is 5.32 Å². The Morgan fingerprint density at radius 3 is 2.84 bits per heavy atom. The molecule has 0 amide bonds. The van der Waals surface area contributed by atoms with Gasteiger partial charge in [0.1, 0.15) is 15.9 Å². The number of aromatic nitrogens is 4. The number of imidazole rings is 1. The second-order valence-electron chi connectivity index (χ2n) is 6.48. The largest absolute Gasteiger partial charge is 0.349 e. The predicted molar refractivity (Wildman–Crippen MR) is 119 cm³/mol. The van der Waals surface area contributed by atoms with Crippen LogP contribution in [0, 0.1) is 10.1 Å². The summed E-state index contributed by atoms with van der Waals surface area (Å²) in [6, 6.07) is 11.5. The summed E-state index contributed by atoms with van der Waals surface area (Å²) in [4.78, 5) is 27.9. The topological polar surface area (TPSA) is 125 Å². The summed E-state index contributed by atoms with van der Waals surface area (Å²) >= 11 is 7.25. The van der Waals surface area contributed by atoms with Gasteiger partial charge in [0.2, 0.25) is 0 Å². The minimum absolute atomic E-state index is 0.282. The van der Waals surface area contributed by atoms with Gasteiger partial charge in [0.05, 0.1) is 16.5 Å². The second-order valence-corrected chi connectivity index (χ2v) is 7.58. The van der Waals surface area contributed by atoms with Crippen molar-refractivity contribution in [3.8, 4) is 11.5 Å². The number of para-hydroxylation sites is 2. The minimum Gasteiger partial charge on any atom is -0.349 e. The number of benzene rings is 1. The van der Waals surface area contributed by atoms with Crippen molar-refractivity contribution in [2.75, 3.05) is 13.1 Å². The lowest BCUT2D eigenvalue weighted by molar-refractivity contribution is -0.485. The van der Waals surface area contributed by atoms with Gasteiger partial charge in [0, 0.05) is 31.2 Å². The third-order valence-electron chi connectivity index (χ3n) is 4.37. The fraction of sp³-hybridized carbons (Fsp3) is 0.158. The van der Waals surface area contributed by atoms with Gasteiger partial charge in [0.15, 0.2) is 10.9 Å². The van der Waals surface area contributed by atoms with E-state index in [-0.39, 0.29) is 5.96 Å². The molecule has 1 saturated heterocycles. The lowest BCUT2D eigenvalue weighted by atomic mass is 10.3. The molecule has 5 rings (SSSR count). The first-order valence-corrected chi connectivity index (χ1v) is 10.6. The monoisotopic (exact) mass is 456 g/mol. The molecular weight excluding hydrogens is 440 g/mol. The van der Waals surface area contributed by atoms with E-state index in [0.29, 0.717) is 24.8 Å². The molecule has 0 unspecified atom stereocenters. The number of rotatable bonds is 4. The van der Waals surface area contributed by atoms with E-state index >= 15 is 0 Å². The van der Waals surface area contributed by atoms with Gasteiger partial charge in [-0.05, 0) is 23.8 Å². The fourth-order valence-electron chi connectivity index (χ4n) is 2.97. The third-order valence-corrected chi connectivity index (χ3v) is 5.18. The molecule has 1 fully saturated rings. The zero-order valence-corrected chi connectivity index (χ0v) is 17.7. The highest BCUT2D eigenvalue weighted by molar-refractivity contribution is 7.07. The molecule has 10 nitrogen and oxygen atoms in total. The van der Waals surface area contributed by atoms with Crippen LogP contribution in [0.4, 0.5) is 0 Å². The molecule has 0 spiro atoms. The Morgan fingerprint density at radius 1 is 1.26 bits per heavy atom. The molecule has 3 aromatic heterocycles. The number of thiazole rings is 1. The van der Waals surface area contributed by atoms with Crippen molar-refractivity contribution in [1.82, 2.24) is 30.2 Å². The van der Waals surface area contributed by atoms with E-state index in [1.165, 1.54) is 0 Å². The molecule has 0 saturated carbocycles. The molecule has 158 valence electrons. The Kier molecular flexibility index (Phi) is 6.34. The summed E-state index contributed by atoms with van der Waals surface area (Å²) in [5.41, 5.74) is 5.68. The number of halogens is 1. The number of nitrogens with zero attached hydrogens (tertiary/aromatic N) is 6. The van der Waals surface area contributed by atoms with Gasteiger partial charge in [-0.2, -0.15) is 0 Å². The number of pyridine rings is 1. The fourth-order valence-corrected chi connectivity index (χ4v) is 3.62. The van der Waals surface area contributed by atoms with Gasteiger partial charge in [-0.3, -0.25) is 0 Å². The van der Waals surface area contributed by atoms with E-state index in [1.807, 2.05) is 41.2 Å². The molecule has 1 aromatic carbocycles. The zero-order chi connectivity index (χ0) is 21.6. The van der Waals surface area contributed by atoms with Crippen LogP contribution in [0.3, 0.4) is 0 Å². The maximum absolute atomic E-state index is 10.3. The van der Waals surface area contributed by atoms with Crippen molar-refractivity contribution in [2.45, 2.75) is 6.54 Å². The van der Waals surface area contributed by atoms with Crippen LogP contribution in [0.2, 0.25) is 5.15 Å². The quantitative estimate of drug-likeness (QED) is 0.274. The smallest absolute Gasteiger partial charge is 0.271 e. The summed E-state index contributed by atoms with van der Waals surface area (Å²) in [6.45, 7) is 1.84. The Bertz CT molecular complexity index is 1160. The highest BCUT2D eigenvalue weighted by Crippen LogP contribution is 2.19. The average Bonchev–Trinajstić information content (AvgIpc) is 3.50. The molecule has 31 heavy (non-hydrogen) atoms. The molecule has 1 aliphatic rings. The summed E-state index contributed by atoms with van der Waals surface area (Å²) in [5.74, 6) is 1.12. The summed E-state index contributed by atoms with van der Waals surface area (Å²) < 4.78 is 0. The zero-order valence-electron chi connectivity index (χ0n) is 16.1. The standard InChI is InChI=1S/C10H7N3S.C9H10ClN5O2/c1-2-4-8-7(3-1)12-10(13-8)9-5-14-6-11-9;10-8-2-1-7(5-12-8)6-14-4-3-11-9(14)13-15(16)17/h1-6H,(H,12,13);1-2,5H,3-4,6H2,(H,11,13). The van der Waals surface area contributed by atoms with Crippen molar-refractivity contribution < 1.29 is 5.03 Å². The Morgan fingerprint density at radius 2 is 2.13 bits per heavy atom. The van der Waals surface area contributed by atoms with Crippen LogP contribution in [-0.4, -0.2) is 48.9 Å². The highest BCUT2D eigenvalue weighted by Gasteiger charge is 2.21. The lowest BCUT2D eigenvalue weighted by Gasteiger charge is -2.14. The molecule has 0 bridgehead atoms. The van der Waals surface area contributed by atoms with Crippen molar-refractivity contribution in [3.05, 3.63) is 74.3 Å². The second kappa shape index (κ2) is 9.49. The van der Waals surface area contributed by atoms with Crippen LogP contribution in [0.1, 0.15) is 5.56 Å². The predicted octanol–water partition coefficient (Wildman–Crippen LogP) is 3.37. The highest BCUT2D eigenvalue weighted by atomic mass is 35.5. The first kappa shape index (κ1) is 20.7. The van der Waals surface area contributed by atoms with Gasteiger partial charge in [0.25, 0.3) is 5.96 Å². The van der Waals surface area contributed by atoms with Gasteiger partial charge in [-0.1, -0.05) is 29.8 Å². The van der Waals surface area contributed by atoms with E-state index in [4.69, 9.17) is 11.6 Å². The summed E-state index contributed by atoms with van der Waals surface area (Å²) in [7, 11) is 0. The van der Waals surface area contributed by atoms with Gasteiger partial charge in [-0.25, -0.2) is 25.1 Å². The number of nitro groups is 1. The Balaban J connectivity index is 0.000000151. The maximum atomic E-state index is 10.3. The number of fused-ring (bicyclic) bond motifs is 1. The van der Waals surface area contributed by atoms with Crippen LogP contribution in [-0.2, 0) is 6.54 Å². The molecule has 4 heterocycles. The van der Waals surface area contributed by atoms with E-state index in [2.05, 4.69) is 30.4 Å². The van der Waals surface area contributed by atoms with Crippen LogP contribution in [0.15, 0.2) is 58.6 Å². The number of aromatic amines is 1. The number of hydrogen-bond donors (Lipinski definition) is 2. The van der Waals surface area contributed by atoms with Crippen LogP contribution in [0.25, 0.3) is 22.6 Å². The summed E-state index contributed by atoms with van der Waals surface area (Å²) in [6.07, 6.45) is 1.64. The molecule has 1 aliphatic heterocycles. The van der Waals surface area contributed by atoms with E-state index in [9.17, 15) is 10.1 Å². The van der Waals surface area contributed by atoms with Gasteiger partial charge < -0.3 is 15.2 Å². The van der Waals surface area contributed by atoms with Crippen molar-refractivity contribution in [1.29, 1.82) is 0 Å². The average molecular weight is 457 g/mol. The molecule has 4 aromatic rings. The number of guanidine groups is 1. The van der Waals surface area contributed by atoms with E-state index in [0.717, 1.165) is 28.1 Å². The molecule has 12 heteroatoms.